The maximum Gasteiger partial charge on any atom is 0.267 e. The number of ether oxygens (including phenoxy) is 1. The van der Waals surface area contributed by atoms with Crippen LogP contribution in [0.5, 0.6) is 0 Å². The fraction of sp³-hybridized carbons (Fsp3) is 0.263. The van der Waals surface area contributed by atoms with Crippen LogP contribution in [0.1, 0.15) is 15.2 Å². The Morgan fingerprint density at radius 1 is 1.27 bits per heavy atom. The van der Waals surface area contributed by atoms with Gasteiger partial charge < -0.3 is 26.0 Å². The molecule has 1 saturated heterocycles. The second-order valence-corrected chi connectivity index (χ2v) is 7.89. The molecule has 1 aliphatic rings. The quantitative estimate of drug-likeness (QED) is 0.530. The number of nitrogens with zero attached hydrogens (tertiary/aromatic N) is 4. The van der Waals surface area contributed by atoms with Crippen molar-refractivity contribution in [2.45, 2.75) is 6.54 Å². The van der Waals surface area contributed by atoms with Gasteiger partial charge in [-0.25, -0.2) is 15.0 Å². The molecule has 1 aromatic carbocycles. The van der Waals surface area contributed by atoms with Crippen LogP contribution >= 0.6 is 22.9 Å². The summed E-state index contributed by atoms with van der Waals surface area (Å²) in [6.45, 7) is 3.19. The van der Waals surface area contributed by atoms with Crippen LogP contribution in [0.4, 0.5) is 22.5 Å². The number of amides is 1. The van der Waals surface area contributed by atoms with E-state index in [0.29, 0.717) is 39.8 Å². The molecule has 0 bridgehead atoms. The number of carbonyl (C=O) groups excluding carboxylic acids is 1. The smallest absolute Gasteiger partial charge is 0.267 e. The Bertz CT molecular complexity index is 1040. The molecule has 30 heavy (non-hydrogen) atoms. The van der Waals surface area contributed by atoms with Gasteiger partial charge in [0.1, 0.15) is 22.8 Å². The Hall–Kier alpha value is -2.79. The van der Waals surface area contributed by atoms with Crippen LogP contribution in [-0.4, -0.2) is 47.2 Å². The SMILES string of the molecule is NCc1cccc(Cl)c1NC(=O)c1cnc(Nc2cc(N3CCOCC3)ncn2)s1. The number of nitrogens with two attached hydrogens (primary N) is 1. The van der Waals surface area contributed by atoms with E-state index >= 15 is 0 Å². The first-order chi connectivity index (χ1) is 14.6. The molecule has 0 aliphatic carbocycles. The predicted molar refractivity (Wildman–Crippen MR) is 118 cm³/mol. The third-order valence-electron chi connectivity index (χ3n) is 4.51. The van der Waals surface area contributed by atoms with E-state index in [1.807, 2.05) is 12.1 Å². The molecule has 11 heteroatoms. The molecule has 3 aromatic rings. The Morgan fingerprint density at radius 3 is 2.90 bits per heavy atom. The Labute approximate surface area is 182 Å². The number of rotatable bonds is 6. The van der Waals surface area contributed by atoms with E-state index in [2.05, 4.69) is 30.5 Å². The van der Waals surface area contributed by atoms with Gasteiger partial charge in [-0.15, -0.1) is 0 Å². The first-order valence-corrected chi connectivity index (χ1v) is 10.5. The van der Waals surface area contributed by atoms with Crippen LogP contribution in [0.25, 0.3) is 0 Å². The number of morpholine rings is 1. The molecule has 0 unspecified atom stereocenters. The molecule has 9 nitrogen and oxygen atoms in total. The number of hydrogen-bond donors (Lipinski definition) is 3. The van der Waals surface area contributed by atoms with Crippen LogP contribution in [0.3, 0.4) is 0 Å². The Balaban J connectivity index is 1.45. The topological polar surface area (TPSA) is 118 Å². The van der Waals surface area contributed by atoms with Crippen molar-refractivity contribution in [1.82, 2.24) is 15.0 Å². The van der Waals surface area contributed by atoms with Crippen molar-refractivity contribution in [2.24, 2.45) is 5.73 Å². The number of nitrogens with one attached hydrogen (secondary N) is 2. The van der Waals surface area contributed by atoms with Crippen molar-refractivity contribution >= 4 is 51.3 Å². The summed E-state index contributed by atoms with van der Waals surface area (Å²) in [4.78, 5) is 28.1. The van der Waals surface area contributed by atoms with Crippen LogP contribution in [0.2, 0.25) is 5.02 Å². The second-order valence-electron chi connectivity index (χ2n) is 6.45. The van der Waals surface area contributed by atoms with Crippen LogP contribution < -0.4 is 21.3 Å². The number of hydrogen-bond acceptors (Lipinski definition) is 9. The summed E-state index contributed by atoms with van der Waals surface area (Å²) in [7, 11) is 0. The van der Waals surface area contributed by atoms with E-state index in [-0.39, 0.29) is 12.5 Å². The molecule has 0 atom stereocenters. The number of halogens is 1. The molecule has 2 aromatic heterocycles. The highest BCUT2D eigenvalue weighted by atomic mass is 35.5. The highest BCUT2D eigenvalue weighted by Crippen LogP contribution is 2.28. The van der Waals surface area contributed by atoms with E-state index in [4.69, 9.17) is 22.1 Å². The number of carbonyl (C=O) groups is 1. The van der Waals surface area contributed by atoms with Crippen molar-refractivity contribution in [1.29, 1.82) is 0 Å². The van der Waals surface area contributed by atoms with Crippen LogP contribution in [0, 0.1) is 0 Å². The Morgan fingerprint density at radius 2 is 2.10 bits per heavy atom. The zero-order valence-corrected chi connectivity index (χ0v) is 17.5. The molecule has 0 saturated carbocycles. The standard InChI is InChI=1S/C19H20ClN7O2S/c20-13-3-1-2-12(9-21)17(13)26-18(28)14-10-22-19(30-14)25-15-8-16(24-11-23-15)27-4-6-29-7-5-27/h1-3,8,10-11H,4-7,9,21H2,(H,26,28)(H,22,23,24,25). The third kappa shape index (κ3) is 4.68. The summed E-state index contributed by atoms with van der Waals surface area (Å²) in [5, 5.41) is 6.93. The summed E-state index contributed by atoms with van der Waals surface area (Å²) in [6, 6.07) is 7.17. The van der Waals surface area contributed by atoms with Gasteiger partial charge in [0.15, 0.2) is 5.13 Å². The average molecular weight is 446 g/mol. The van der Waals surface area contributed by atoms with Crippen molar-refractivity contribution in [3.05, 3.63) is 52.3 Å². The molecule has 4 N–H and O–H groups in total. The van der Waals surface area contributed by atoms with Gasteiger partial charge in [-0.3, -0.25) is 4.79 Å². The number of para-hydroxylation sites is 1. The van der Waals surface area contributed by atoms with Crippen LogP contribution in [-0.2, 0) is 11.3 Å². The monoisotopic (exact) mass is 445 g/mol. The summed E-state index contributed by atoms with van der Waals surface area (Å²) in [5.74, 6) is 1.11. The number of thiazole rings is 1. The molecule has 0 radical (unpaired) electrons. The minimum absolute atomic E-state index is 0.269. The first kappa shape index (κ1) is 20.5. The highest BCUT2D eigenvalue weighted by molar-refractivity contribution is 7.17. The van der Waals surface area contributed by atoms with E-state index < -0.39 is 0 Å². The molecule has 1 aliphatic heterocycles. The maximum absolute atomic E-state index is 12.6. The summed E-state index contributed by atoms with van der Waals surface area (Å²) >= 11 is 7.42. The molecule has 1 amide bonds. The number of benzene rings is 1. The molecule has 156 valence electrons. The molecule has 0 spiro atoms. The predicted octanol–water partition coefficient (Wildman–Crippen LogP) is 2.88. The molecule has 3 heterocycles. The largest absolute Gasteiger partial charge is 0.378 e. The fourth-order valence-corrected chi connectivity index (χ4v) is 3.94. The summed E-state index contributed by atoms with van der Waals surface area (Å²) < 4.78 is 5.37. The van der Waals surface area contributed by atoms with Gasteiger partial charge in [0.2, 0.25) is 0 Å². The lowest BCUT2D eigenvalue weighted by atomic mass is 10.1. The van der Waals surface area contributed by atoms with Crippen molar-refractivity contribution in [3.8, 4) is 0 Å². The molecular formula is C19H20ClN7O2S. The summed E-state index contributed by atoms with van der Waals surface area (Å²) in [6.07, 6.45) is 3.01. The van der Waals surface area contributed by atoms with Gasteiger partial charge in [-0.05, 0) is 11.6 Å². The van der Waals surface area contributed by atoms with Gasteiger partial charge in [-0.1, -0.05) is 35.1 Å². The average Bonchev–Trinajstić information content (AvgIpc) is 3.24. The zero-order valence-electron chi connectivity index (χ0n) is 16.0. The van der Waals surface area contributed by atoms with Gasteiger partial charge in [0, 0.05) is 25.7 Å². The highest BCUT2D eigenvalue weighted by Gasteiger charge is 2.16. The lowest BCUT2D eigenvalue weighted by Gasteiger charge is -2.27. The lowest BCUT2D eigenvalue weighted by molar-refractivity contribution is 0.103. The fourth-order valence-electron chi connectivity index (χ4n) is 2.98. The third-order valence-corrected chi connectivity index (χ3v) is 5.74. The maximum atomic E-state index is 12.6. The minimum Gasteiger partial charge on any atom is -0.378 e. The summed E-state index contributed by atoms with van der Waals surface area (Å²) in [5.41, 5.74) is 7.01. The molecular weight excluding hydrogens is 426 g/mol. The molecule has 1 fully saturated rings. The van der Waals surface area contributed by atoms with E-state index in [1.54, 1.807) is 12.1 Å². The van der Waals surface area contributed by atoms with E-state index in [0.717, 1.165) is 24.5 Å². The molecule has 4 rings (SSSR count). The van der Waals surface area contributed by atoms with Crippen molar-refractivity contribution < 1.29 is 9.53 Å². The van der Waals surface area contributed by atoms with Gasteiger partial charge in [-0.2, -0.15) is 0 Å². The lowest BCUT2D eigenvalue weighted by Crippen LogP contribution is -2.36. The van der Waals surface area contributed by atoms with E-state index in [1.165, 1.54) is 23.9 Å². The van der Waals surface area contributed by atoms with Gasteiger partial charge in [0.25, 0.3) is 5.91 Å². The zero-order chi connectivity index (χ0) is 20.9. The van der Waals surface area contributed by atoms with Gasteiger partial charge >= 0.3 is 0 Å². The number of aromatic nitrogens is 3. The second kappa shape index (κ2) is 9.35. The van der Waals surface area contributed by atoms with Crippen molar-refractivity contribution in [3.63, 3.8) is 0 Å². The normalized spacial score (nSPS) is 13.9. The number of anilines is 4. The first-order valence-electron chi connectivity index (χ1n) is 9.30. The van der Waals surface area contributed by atoms with Crippen molar-refractivity contribution in [2.75, 3.05) is 41.8 Å². The van der Waals surface area contributed by atoms with Gasteiger partial charge in [0.05, 0.1) is 30.1 Å². The Kier molecular flexibility index (Phi) is 6.38. The van der Waals surface area contributed by atoms with Crippen LogP contribution in [0.15, 0.2) is 36.8 Å². The minimum atomic E-state index is -0.306. The van der Waals surface area contributed by atoms with E-state index in [9.17, 15) is 4.79 Å².